The molecular formula is C16H19FN6O2. The Bertz CT molecular complexity index is 771. The molecule has 2 aromatic heterocycles. The fraction of sp³-hybridized carbons (Fsp3) is 0.500. The molecular weight excluding hydrogens is 327 g/mol. The zero-order chi connectivity index (χ0) is 17.4. The summed E-state index contributed by atoms with van der Waals surface area (Å²) in [5.41, 5.74) is 1.75. The molecule has 4 rings (SSSR count). The maximum atomic E-state index is 13.1. The minimum Gasteiger partial charge on any atom is -0.378 e. The van der Waals surface area contributed by atoms with Gasteiger partial charge in [-0.3, -0.25) is 4.79 Å². The molecule has 8 nitrogen and oxygen atoms in total. The van der Waals surface area contributed by atoms with Crippen LogP contribution in [0.2, 0.25) is 0 Å². The SMILES string of the molecule is Cn1cnc2c1C(C(=O)N1CCOCC1)CN(c1ncc(F)cn1)C2. The van der Waals surface area contributed by atoms with Crippen molar-refractivity contribution in [1.82, 2.24) is 24.4 Å². The average Bonchev–Trinajstić information content (AvgIpc) is 3.03. The van der Waals surface area contributed by atoms with E-state index in [0.717, 1.165) is 23.8 Å². The smallest absolute Gasteiger partial charge is 0.233 e. The van der Waals surface area contributed by atoms with E-state index < -0.39 is 5.82 Å². The lowest BCUT2D eigenvalue weighted by atomic mass is 9.96. The maximum Gasteiger partial charge on any atom is 0.233 e. The van der Waals surface area contributed by atoms with Gasteiger partial charge in [0.2, 0.25) is 11.9 Å². The number of halogens is 1. The quantitative estimate of drug-likeness (QED) is 0.779. The molecule has 2 aliphatic heterocycles. The molecule has 1 amide bonds. The number of hydrogen-bond acceptors (Lipinski definition) is 6. The molecule has 1 saturated heterocycles. The second-order valence-corrected chi connectivity index (χ2v) is 6.26. The van der Waals surface area contributed by atoms with E-state index in [1.807, 2.05) is 21.4 Å². The standard InChI is InChI=1S/C16H19FN6O2/c1-21-10-20-13-9-23(16-18-6-11(17)7-19-16)8-12(14(13)21)15(24)22-2-4-25-5-3-22/h6-7,10,12H,2-5,8-9H2,1H3. The molecule has 0 radical (unpaired) electrons. The van der Waals surface area contributed by atoms with Gasteiger partial charge in [-0.1, -0.05) is 0 Å². The van der Waals surface area contributed by atoms with E-state index in [-0.39, 0.29) is 11.8 Å². The lowest BCUT2D eigenvalue weighted by Gasteiger charge is -2.36. The van der Waals surface area contributed by atoms with Crippen LogP contribution in [-0.4, -0.2) is 63.2 Å². The molecule has 1 fully saturated rings. The number of aromatic nitrogens is 4. The Kier molecular flexibility index (Phi) is 4.08. The number of imidazole rings is 1. The fourth-order valence-electron chi connectivity index (χ4n) is 3.43. The Labute approximate surface area is 144 Å². The summed E-state index contributed by atoms with van der Waals surface area (Å²) in [5, 5.41) is 0. The van der Waals surface area contributed by atoms with Crippen molar-refractivity contribution in [2.75, 3.05) is 37.7 Å². The number of amides is 1. The predicted molar refractivity (Wildman–Crippen MR) is 86.4 cm³/mol. The molecule has 0 bridgehead atoms. The molecule has 25 heavy (non-hydrogen) atoms. The van der Waals surface area contributed by atoms with Crippen LogP contribution in [0.25, 0.3) is 0 Å². The minimum absolute atomic E-state index is 0.0555. The largest absolute Gasteiger partial charge is 0.378 e. The van der Waals surface area contributed by atoms with Crippen LogP contribution in [0.15, 0.2) is 18.7 Å². The van der Waals surface area contributed by atoms with Crippen LogP contribution < -0.4 is 4.90 Å². The highest BCUT2D eigenvalue weighted by Crippen LogP contribution is 2.30. The highest BCUT2D eigenvalue weighted by atomic mass is 19.1. The average molecular weight is 346 g/mol. The number of aryl methyl sites for hydroxylation is 1. The van der Waals surface area contributed by atoms with Gasteiger partial charge in [-0.15, -0.1) is 0 Å². The first-order valence-corrected chi connectivity index (χ1v) is 8.22. The van der Waals surface area contributed by atoms with Crippen molar-refractivity contribution in [3.05, 3.63) is 35.9 Å². The molecule has 9 heteroatoms. The second-order valence-electron chi connectivity index (χ2n) is 6.26. The van der Waals surface area contributed by atoms with E-state index in [1.54, 1.807) is 6.33 Å². The number of nitrogens with zero attached hydrogens (tertiary/aromatic N) is 6. The summed E-state index contributed by atoms with van der Waals surface area (Å²) in [7, 11) is 1.90. The third-order valence-electron chi connectivity index (χ3n) is 4.65. The van der Waals surface area contributed by atoms with Gasteiger partial charge in [-0.25, -0.2) is 19.3 Å². The number of fused-ring (bicyclic) bond motifs is 1. The van der Waals surface area contributed by atoms with Gasteiger partial charge in [-0.05, 0) is 0 Å². The van der Waals surface area contributed by atoms with Gasteiger partial charge in [0.25, 0.3) is 0 Å². The van der Waals surface area contributed by atoms with Crippen molar-refractivity contribution in [2.45, 2.75) is 12.5 Å². The van der Waals surface area contributed by atoms with Crippen LogP contribution in [0.5, 0.6) is 0 Å². The Morgan fingerprint density at radius 2 is 1.96 bits per heavy atom. The first-order chi connectivity index (χ1) is 12.1. The number of hydrogen-bond donors (Lipinski definition) is 0. The number of carbonyl (C=O) groups is 1. The van der Waals surface area contributed by atoms with E-state index in [1.165, 1.54) is 0 Å². The molecule has 2 aromatic rings. The molecule has 0 N–H and O–H groups in total. The Morgan fingerprint density at radius 1 is 1.24 bits per heavy atom. The summed E-state index contributed by atoms with van der Waals surface area (Å²) in [6, 6.07) is 0. The first kappa shape index (κ1) is 15.9. The van der Waals surface area contributed by atoms with Crippen molar-refractivity contribution in [3.63, 3.8) is 0 Å². The third kappa shape index (κ3) is 2.95. The Hall–Kier alpha value is -2.55. The molecule has 0 spiro atoms. The van der Waals surface area contributed by atoms with Crippen LogP contribution in [0.1, 0.15) is 17.3 Å². The van der Waals surface area contributed by atoms with Crippen LogP contribution in [-0.2, 0) is 23.1 Å². The lowest BCUT2D eigenvalue weighted by Crippen LogP contribution is -2.48. The Balaban J connectivity index is 1.65. The van der Waals surface area contributed by atoms with E-state index in [0.29, 0.717) is 45.3 Å². The van der Waals surface area contributed by atoms with Gasteiger partial charge in [0.05, 0.1) is 55.8 Å². The second kappa shape index (κ2) is 6.40. The summed E-state index contributed by atoms with van der Waals surface area (Å²) in [5.74, 6) is -0.388. The van der Waals surface area contributed by atoms with Gasteiger partial charge in [0, 0.05) is 26.7 Å². The van der Waals surface area contributed by atoms with Crippen LogP contribution >= 0.6 is 0 Å². The summed E-state index contributed by atoms with van der Waals surface area (Å²) in [6.45, 7) is 3.23. The molecule has 0 saturated carbocycles. The summed E-state index contributed by atoms with van der Waals surface area (Å²) >= 11 is 0. The molecule has 0 aromatic carbocycles. The number of anilines is 1. The Morgan fingerprint density at radius 3 is 2.68 bits per heavy atom. The van der Waals surface area contributed by atoms with Gasteiger partial charge in [0.1, 0.15) is 0 Å². The van der Waals surface area contributed by atoms with Crippen molar-refractivity contribution in [2.24, 2.45) is 7.05 Å². The highest BCUT2D eigenvalue weighted by Gasteiger charge is 2.37. The molecule has 1 atom stereocenters. The van der Waals surface area contributed by atoms with E-state index in [9.17, 15) is 9.18 Å². The van der Waals surface area contributed by atoms with Gasteiger partial charge < -0.3 is 19.1 Å². The van der Waals surface area contributed by atoms with Crippen molar-refractivity contribution in [3.8, 4) is 0 Å². The van der Waals surface area contributed by atoms with E-state index in [4.69, 9.17) is 4.74 Å². The predicted octanol–water partition coefficient (Wildman–Crippen LogP) is 0.312. The van der Waals surface area contributed by atoms with Crippen LogP contribution in [0, 0.1) is 5.82 Å². The van der Waals surface area contributed by atoms with Crippen molar-refractivity contribution in [1.29, 1.82) is 0 Å². The van der Waals surface area contributed by atoms with Crippen molar-refractivity contribution < 1.29 is 13.9 Å². The molecule has 132 valence electrons. The monoisotopic (exact) mass is 346 g/mol. The lowest BCUT2D eigenvalue weighted by molar-refractivity contribution is -0.137. The highest BCUT2D eigenvalue weighted by molar-refractivity contribution is 5.85. The number of carbonyl (C=O) groups excluding carboxylic acids is 1. The number of ether oxygens (including phenoxy) is 1. The maximum absolute atomic E-state index is 13.1. The minimum atomic E-state index is -0.486. The zero-order valence-corrected chi connectivity index (χ0v) is 13.9. The summed E-state index contributed by atoms with van der Waals surface area (Å²) < 4.78 is 20.4. The van der Waals surface area contributed by atoms with Crippen LogP contribution in [0.4, 0.5) is 10.3 Å². The van der Waals surface area contributed by atoms with E-state index >= 15 is 0 Å². The number of morpholine rings is 1. The van der Waals surface area contributed by atoms with Crippen molar-refractivity contribution >= 4 is 11.9 Å². The van der Waals surface area contributed by atoms with Gasteiger partial charge in [-0.2, -0.15) is 0 Å². The summed E-state index contributed by atoms with van der Waals surface area (Å²) in [4.78, 5) is 29.3. The molecule has 2 aliphatic rings. The summed E-state index contributed by atoms with van der Waals surface area (Å²) in [6.07, 6.45) is 3.99. The van der Waals surface area contributed by atoms with Gasteiger partial charge in [0.15, 0.2) is 5.82 Å². The molecule has 0 aliphatic carbocycles. The topological polar surface area (TPSA) is 76.4 Å². The fourth-order valence-corrected chi connectivity index (χ4v) is 3.43. The molecule has 4 heterocycles. The van der Waals surface area contributed by atoms with Gasteiger partial charge >= 0.3 is 0 Å². The first-order valence-electron chi connectivity index (χ1n) is 8.22. The third-order valence-corrected chi connectivity index (χ3v) is 4.65. The normalized spacial score (nSPS) is 20.5. The molecule has 1 unspecified atom stereocenters. The number of rotatable bonds is 2. The van der Waals surface area contributed by atoms with E-state index in [2.05, 4.69) is 15.0 Å². The van der Waals surface area contributed by atoms with Crippen LogP contribution in [0.3, 0.4) is 0 Å². The zero-order valence-electron chi connectivity index (χ0n) is 13.9.